The molecule has 0 heterocycles. The molecular formula is C12H17NO6Zn. The molecule has 0 aliphatic carbocycles. The first-order valence-electron chi connectivity index (χ1n) is 4.93. The zero-order valence-corrected chi connectivity index (χ0v) is 14.4. The fourth-order valence-corrected chi connectivity index (χ4v) is 0.655. The number of hydrogen-bond donors (Lipinski definition) is 1. The van der Waals surface area contributed by atoms with E-state index in [9.17, 15) is 4.79 Å². The van der Waals surface area contributed by atoms with Crippen molar-refractivity contribution in [1.29, 1.82) is 0 Å². The first kappa shape index (κ1) is 26.7. The van der Waals surface area contributed by atoms with Crippen molar-refractivity contribution in [2.75, 3.05) is 20.6 Å². The number of carbonyl (C=O) groups is 3. The number of carbonyl (C=O) groups excluding carboxylic acids is 2. The van der Waals surface area contributed by atoms with Gasteiger partial charge in [-0.15, -0.1) is 0 Å². The van der Waals surface area contributed by atoms with Crippen LogP contribution in [0.15, 0.2) is 36.4 Å². The maximum Gasteiger partial charge on any atom is 2.00 e. The van der Waals surface area contributed by atoms with Crippen LogP contribution in [-0.4, -0.2) is 49.6 Å². The van der Waals surface area contributed by atoms with Gasteiger partial charge in [-0.2, -0.15) is 0 Å². The Morgan fingerprint density at radius 1 is 1.00 bits per heavy atom. The molecule has 0 aliphatic heterocycles. The molecule has 1 aromatic rings. The van der Waals surface area contributed by atoms with E-state index < -0.39 is 18.9 Å². The molecule has 1 rings (SSSR count). The summed E-state index contributed by atoms with van der Waals surface area (Å²) in [7, 11) is 3.43. The molecule has 0 atom stereocenters. The third-order valence-electron chi connectivity index (χ3n) is 1.12. The molecule has 0 spiro atoms. The molecule has 0 aromatic heterocycles. The largest absolute Gasteiger partial charge is 2.00 e. The molecule has 1 N–H and O–H groups in total. The summed E-state index contributed by atoms with van der Waals surface area (Å²) in [6, 6.07) is 12.0. The van der Waals surface area contributed by atoms with E-state index >= 15 is 0 Å². The van der Waals surface area contributed by atoms with Gasteiger partial charge in [0.25, 0.3) is 0 Å². The summed E-state index contributed by atoms with van der Waals surface area (Å²) in [5.74, 6) is -0.787. The van der Waals surface area contributed by atoms with Crippen LogP contribution in [0.1, 0.15) is 0 Å². The van der Waals surface area contributed by atoms with Gasteiger partial charge in [-0.05, 0) is 14.1 Å². The zero-order valence-electron chi connectivity index (χ0n) is 11.5. The van der Waals surface area contributed by atoms with Crippen molar-refractivity contribution in [3.8, 4) is 0 Å². The molecule has 0 saturated carbocycles. The summed E-state index contributed by atoms with van der Waals surface area (Å²) < 4.78 is 0. The van der Waals surface area contributed by atoms with Gasteiger partial charge < -0.3 is 24.9 Å². The van der Waals surface area contributed by atoms with Crippen molar-refractivity contribution in [2.45, 2.75) is 0 Å². The van der Waals surface area contributed by atoms with Crippen LogP contribution in [0.5, 0.6) is 0 Å². The Labute approximate surface area is 130 Å². The molecular weight excluding hydrogens is 320 g/mol. The number of hydrogen-bond acceptors (Lipinski definition) is 6. The van der Waals surface area contributed by atoms with E-state index in [1.807, 2.05) is 36.4 Å². The van der Waals surface area contributed by atoms with E-state index in [0.717, 1.165) is 0 Å². The minimum absolute atomic E-state index is 0. The van der Waals surface area contributed by atoms with Gasteiger partial charge in [-0.25, -0.2) is 0 Å². The van der Waals surface area contributed by atoms with E-state index in [2.05, 4.69) is 0 Å². The second kappa shape index (κ2) is 25.9. The summed E-state index contributed by atoms with van der Waals surface area (Å²) in [4.78, 5) is 27.9. The van der Waals surface area contributed by atoms with Crippen LogP contribution in [0, 0.1) is 0 Å². The van der Waals surface area contributed by atoms with Crippen LogP contribution in [-0.2, 0) is 33.9 Å². The predicted octanol–water partition coefficient (Wildman–Crippen LogP) is -1.95. The minimum atomic E-state index is -0.787. The standard InChI is InChI=1S/C6H6.C4H9NO2.2CH2O2.Zn/c1-2-4-6-5-3-1;1-5(2)3-4(6)7;2*2-1-3;/h1-6H;3H2,1-2H3,(H,6,7);2*1H,(H,2,3);/q;;;;+2/p-2. The second-order valence-electron chi connectivity index (χ2n) is 2.98. The van der Waals surface area contributed by atoms with Crippen LogP contribution < -0.4 is 10.2 Å². The summed E-state index contributed by atoms with van der Waals surface area (Å²) in [5, 5.41) is 24.5. The smallest absolute Gasteiger partial charge is 0.554 e. The Morgan fingerprint density at radius 2 is 1.20 bits per heavy atom. The number of aliphatic carboxylic acids is 1. The van der Waals surface area contributed by atoms with E-state index in [4.69, 9.17) is 24.9 Å². The van der Waals surface area contributed by atoms with E-state index in [-0.39, 0.29) is 26.0 Å². The van der Waals surface area contributed by atoms with Crippen molar-refractivity contribution >= 4 is 18.9 Å². The van der Waals surface area contributed by atoms with Crippen LogP contribution in [0.25, 0.3) is 0 Å². The fourth-order valence-electron chi connectivity index (χ4n) is 0.655. The number of benzene rings is 1. The number of nitrogens with zero attached hydrogens (tertiary/aromatic N) is 1. The minimum Gasteiger partial charge on any atom is -0.554 e. The summed E-state index contributed by atoms with van der Waals surface area (Å²) in [6.45, 7) is -0.889. The van der Waals surface area contributed by atoms with Crippen molar-refractivity contribution in [3.63, 3.8) is 0 Å². The van der Waals surface area contributed by atoms with Crippen molar-refractivity contribution in [3.05, 3.63) is 36.4 Å². The molecule has 108 valence electrons. The maximum absolute atomic E-state index is 9.77. The average molecular weight is 337 g/mol. The molecule has 0 saturated heterocycles. The molecule has 7 nitrogen and oxygen atoms in total. The summed E-state index contributed by atoms with van der Waals surface area (Å²) >= 11 is 0. The van der Waals surface area contributed by atoms with Gasteiger partial charge >= 0.3 is 25.4 Å². The van der Waals surface area contributed by atoms with Gasteiger partial charge in [-0.1, -0.05) is 36.4 Å². The Kier molecular flexibility index (Phi) is 34.6. The fraction of sp³-hybridized carbons (Fsp3) is 0.250. The summed E-state index contributed by atoms with van der Waals surface area (Å²) in [5.41, 5.74) is 0. The number of likely N-dealkylation sites (N-methyl/N-ethyl adjacent to an activating group) is 1. The Balaban J connectivity index is -0.0000000900. The Morgan fingerprint density at radius 3 is 1.25 bits per heavy atom. The van der Waals surface area contributed by atoms with E-state index in [0.29, 0.717) is 0 Å². The number of carboxylic acid groups (broad SMARTS) is 3. The zero-order chi connectivity index (χ0) is 15.5. The Bertz CT molecular complexity index is 275. The monoisotopic (exact) mass is 335 g/mol. The molecule has 0 unspecified atom stereocenters. The third kappa shape index (κ3) is 55.6. The second-order valence-corrected chi connectivity index (χ2v) is 2.98. The van der Waals surface area contributed by atoms with Crippen LogP contribution in [0.2, 0.25) is 0 Å². The van der Waals surface area contributed by atoms with Crippen LogP contribution in [0.3, 0.4) is 0 Å². The molecule has 0 amide bonds. The first-order valence-corrected chi connectivity index (χ1v) is 4.93. The van der Waals surface area contributed by atoms with E-state index in [1.54, 1.807) is 19.0 Å². The normalized spacial score (nSPS) is 6.95. The Hall–Kier alpha value is -1.79. The topological polar surface area (TPSA) is 121 Å². The van der Waals surface area contributed by atoms with Crippen LogP contribution >= 0.6 is 0 Å². The summed E-state index contributed by atoms with van der Waals surface area (Å²) in [6.07, 6.45) is 0. The number of carboxylic acids is 1. The molecule has 0 fully saturated rings. The first-order chi connectivity index (χ1) is 8.95. The molecule has 0 radical (unpaired) electrons. The van der Waals surface area contributed by atoms with Gasteiger partial charge in [0.2, 0.25) is 0 Å². The molecule has 1 aromatic carbocycles. The van der Waals surface area contributed by atoms with Crippen molar-refractivity contribution < 1.29 is 49.2 Å². The average Bonchev–Trinajstić information content (AvgIpc) is 2.32. The predicted molar refractivity (Wildman–Crippen MR) is 64.8 cm³/mol. The van der Waals surface area contributed by atoms with Gasteiger partial charge in [0.15, 0.2) is 0 Å². The van der Waals surface area contributed by atoms with Gasteiger partial charge in [0.1, 0.15) is 0 Å². The van der Waals surface area contributed by atoms with E-state index in [1.165, 1.54) is 0 Å². The molecule has 0 aliphatic rings. The number of rotatable bonds is 2. The SMILES string of the molecule is CN(C)CC(=O)O.O=C[O-].O=C[O-].[Zn+2].c1ccccc1. The quantitative estimate of drug-likeness (QED) is 0.492. The maximum atomic E-state index is 9.77. The molecule has 8 heteroatoms. The van der Waals surface area contributed by atoms with Gasteiger partial charge in [0.05, 0.1) is 6.54 Å². The van der Waals surface area contributed by atoms with Crippen molar-refractivity contribution in [1.82, 2.24) is 4.90 Å². The molecule has 0 bridgehead atoms. The van der Waals surface area contributed by atoms with Gasteiger partial charge in [-0.3, -0.25) is 9.69 Å². The van der Waals surface area contributed by atoms with Crippen LogP contribution in [0.4, 0.5) is 0 Å². The van der Waals surface area contributed by atoms with Crippen molar-refractivity contribution in [2.24, 2.45) is 0 Å². The van der Waals surface area contributed by atoms with Gasteiger partial charge in [0, 0.05) is 12.9 Å². The molecule has 20 heavy (non-hydrogen) atoms. The third-order valence-corrected chi connectivity index (χ3v) is 1.12.